The molecule has 4 heteroatoms. The zero-order chi connectivity index (χ0) is 20.8. The third-order valence-electron chi connectivity index (χ3n) is 5.78. The number of hydrogen-bond donors (Lipinski definition) is 1. The zero-order valence-electron chi connectivity index (χ0n) is 17.5. The molecule has 0 unspecified atom stereocenters. The number of ether oxygens (including phenoxy) is 1. The highest BCUT2D eigenvalue weighted by atomic mass is 32.1. The van der Waals surface area contributed by atoms with E-state index in [-0.39, 0.29) is 0 Å². The maximum atomic E-state index is 5.87. The van der Waals surface area contributed by atoms with Crippen molar-refractivity contribution in [3.8, 4) is 5.75 Å². The van der Waals surface area contributed by atoms with Gasteiger partial charge in [0.05, 0.1) is 38.3 Å². The van der Waals surface area contributed by atoms with Crippen molar-refractivity contribution in [2.45, 2.75) is 13.0 Å². The van der Waals surface area contributed by atoms with Crippen molar-refractivity contribution in [3.05, 3.63) is 102 Å². The predicted octanol–water partition coefficient (Wildman–Crippen LogP) is 3.75. The summed E-state index contributed by atoms with van der Waals surface area (Å²) in [6, 6.07) is 30.2. The number of hydrogen-bond acceptors (Lipinski definition) is 2. The van der Waals surface area contributed by atoms with Crippen LogP contribution in [-0.2, 0) is 0 Å². The van der Waals surface area contributed by atoms with Crippen LogP contribution in [-0.4, -0.2) is 42.7 Å². The highest BCUT2D eigenvalue weighted by Crippen LogP contribution is 2.22. The van der Waals surface area contributed by atoms with Crippen LogP contribution in [0.25, 0.3) is 0 Å². The highest BCUT2D eigenvalue weighted by molar-refractivity contribution is 7.80. The molecule has 3 aromatic carbocycles. The van der Waals surface area contributed by atoms with Crippen molar-refractivity contribution in [1.82, 2.24) is 4.90 Å². The molecule has 0 aromatic heterocycles. The number of quaternary nitrogens is 1. The molecule has 0 radical (unpaired) electrons. The minimum Gasteiger partial charge on any atom is -0.493 e. The van der Waals surface area contributed by atoms with Crippen LogP contribution < -0.4 is 9.64 Å². The summed E-state index contributed by atoms with van der Waals surface area (Å²) < 4.78 is 5.80. The van der Waals surface area contributed by atoms with Gasteiger partial charge < -0.3 is 14.5 Å². The minimum atomic E-state index is 0.346. The number of piperazine rings is 1. The third kappa shape index (κ3) is 4.55. The molecule has 0 saturated carbocycles. The molecule has 1 aliphatic heterocycles. The fourth-order valence-electron chi connectivity index (χ4n) is 4.34. The quantitative estimate of drug-likeness (QED) is 0.616. The van der Waals surface area contributed by atoms with Gasteiger partial charge in [-0.2, -0.15) is 0 Å². The molecule has 0 aliphatic carbocycles. The summed E-state index contributed by atoms with van der Waals surface area (Å²) in [5.74, 6) is 0.881. The second-order valence-electron chi connectivity index (χ2n) is 7.63. The van der Waals surface area contributed by atoms with Gasteiger partial charge in [-0.25, -0.2) is 0 Å². The van der Waals surface area contributed by atoms with Crippen molar-refractivity contribution in [2.24, 2.45) is 0 Å². The molecule has 3 aromatic rings. The average molecular weight is 418 g/mol. The van der Waals surface area contributed by atoms with E-state index in [9.17, 15) is 0 Å². The zero-order valence-corrected chi connectivity index (χ0v) is 18.3. The van der Waals surface area contributed by atoms with Gasteiger partial charge in [-0.05, 0) is 19.1 Å². The molecule has 1 aliphatic rings. The molecule has 30 heavy (non-hydrogen) atoms. The van der Waals surface area contributed by atoms with E-state index in [0.717, 1.165) is 42.5 Å². The Morgan fingerprint density at radius 3 is 1.97 bits per heavy atom. The Morgan fingerprint density at radius 1 is 0.867 bits per heavy atom. The van der Waals surface area contributed by atoms with Gasteiger partial charge in [-0.15, -0.1) is 0 Å². The van der Waals surface area contributed by atoms with E-state index in [2.05, 4.69) is 71.6 Å². The van der Waals surface area contributed by atoms with Crippen LogP contribution >= 0.6 is 12.2 Å². The van der Waals surface area contributed by atoms with Crippen molar-refractivity contribution in [3.63, 3.8) is 0 Å². The van der Waals surface area contributed by atoms with Crippen LogP contribution in [0.4, 0.5) is 0 Å². The highest BCUT2D eigenvalue weighted by Gasteiger charge is 2.31. The van der Waals surface area contributed by atoms with E-state index in [1.165, 1.54) is 11.1 Å². The Labute approximate surface area is 184 Å². The number of thiocarbonyl (C=S) groups is 1. The maximum Gasteiger partial charge on any atom is 0.139 e. The first-order valence-electron chi connectivity index (χ1n) is 10.7. The van der Waals surface area contributed by atoms with Gasteiger partial charge >= 0.3 is 0 Å². The second kappa shape index (κ2) is 9.88. The molecule has 154 valence electrons. The fraction of sp³-hybridized carbons (Fsp3) is 0.269. The number of nitrogens with one attached hydrogen (secondary N) is 1. The molecule has 1 saturated heterocycles. The van der Waals surface area contributed by atoms with Gasteiger partial charge in [0.15, 0.2) is 0 Å². The van der Waals surface area contributed by atoms with E-state index >= 15 is 0 Å². The largest absolute Gasteiger partial charge is 0.493 e. The Balaban J connectivity index is 1.51. The summed E-state index contributed by atoms with van der Waals surface area (Å²) in [5, 5.41) is 0. The summed E-state index contributed by atoms with van der Waals surface area (Å²) >= 11 is 5.87. The van der Waals surface area contributed by atoms with E-state index in [1.54, 1.807) is 4.90 Å². The first kappa shape index (κ1) is 20.6. The minimum absolute atomic E-state index is 0.346. The number of para-hydroxylation sites is 1. The molecule has 1 fully saturated rings. The molecule has 0 spiro atoms. The Morgan fingerprint density at radius 2 is 1.40 bits per heavy atom. The summed E-state index contributed by atoms with van der Waals surface area (Å²) in [5.41, 5.74) is 3.77. The molecule has 3 nitrogen and oxygen atoms in total. The Bertz CT molecular complexity index is 914. The molecule has 1 heterocycles. The van der Waals surface area contributed by atoms with E-state index in [4.69, 9.17) is 17.0 Å². The van der Waals surface area contributed by atoms with Crippen molar-refractivity contribution >= 4 is 17.2 Å². The van der Waals surface area contributed by atoms with Crippen LogP contribution in [0.15, 0.2) is 84.9 Å². The molecule has 4 rings (SSSR count). The second-order valence-corrected chi connectivity index (χ2v) is 8.02. The van der Waals surface area contributed by atoms with Crippen molar-refractivity contribution < 1.29 is 9.64 Å². The average Bonchev–Trinajstić information content (AvgIpc) is 2.81. The van der Waals surface area contributed by atoms with Crippen molar-refractivity contribution in [2.75, 3.05) is 32.8 Å². The first-order chi connectivity index (χ1) is 14.8. The van der Waals surface area contributed by atoms with Crippen LogP contribution in [0, 0.1) is 0 Å². The number of rotatable bonds is 6. The normalized spacial score (nSPS) is 14.7. The van der Waals surface area contributed by atoms with Gasteiger partial charge in [0.1, 0.15) is 16.8 Å². The number of benzene rings is 3. The van der Waals surface area contributed by atoms with E-state index < -0.39 is 0 Å². The van der Waals surface area contributed by atoms with Gasteiger partial charge in [0.2, 0.25) is 0 Å². The molecule has 0 bridgehead atoms. The Kier molecular flexibility index (Phi) is 6.77. The fourth-order valence-corrected chi connectivity index (χ4v) is 4.69. The van der Waals surface area contributed by atoms with Crippen LogP contribution in [0.5, 0.6) is 5.75 Å². The third-order valence-corrected chi connectivity index (χ3v) is 6.26. The van der Waals surface area contributed by atoms with Crippen LogP contribution in [0.3, 0.4) is 0 Å². The summed E-state index contributed by atoms with van der Waals surface area (Å²) in [7, 11) is 0. The Hall–Kier alpha value is -2.69. The lowest BCUT2D eigenvalue weighted by molar-refractivity contribution is -0.929. The monoisotopic (exact) mass is 417 g/mol. The topological polar surface area (TPSA) is 16.9 Å². The molecular weight excluding hydrogens is 388 g/mol. The van der Waals surface area contributed by atoms with Gasteiger partial charge in [0, 0.05) is 11.1 Å². The van der Waals surface area contributed by atoms with Crippen LogP contribution in [0.2, 0.25) is 0 Å². The van der Waals surface area contributed by atoms with E-state index in [0.29, 0.717) is 12.6 Å². The first-order valence-corrected chi connectivity index (χ1v) is 11.1. The molecular formula is C26H29N2OS+. The molecule has 1 N–H and O–H groups in total. The SMILES string of the molecule is CCOc1ccccc1C(=S)N1CC[NH+](C(c2ccccc2)c2ccccc2)CC1. The summed E-state index contributed by atoms with van der Waals surface area (Å²) in [6.45, 7) is 6.65. The summed E-state index contributed by atoms with van der Waals surface area (Å²) in [4.78, 5) is 4.82. The van der Waals surface area contributed by atoms with Gasteiger partial charge in [-0.3, -0.25) is 0 Å². The lowest BCUT2D eigenvalue weighted by atomic mass is 9.96. The van der Waals surface area contributed by atoms with Gasteiger partial charge in [0.25, 0.3) is 0 Å². The number of nitrogens with zero attached hydrogens (tertiary/aromatic N) is 1. The summed E-state index contributed by atoms with van der Waals surface area (Å²) in [6.07, 6.45) is 0. The molecule has 0 amide bonds. The smallest absolute Gasteiger partial charge is 0.139 e. The molecule has 0 atom stereocenters. The van der Waals surface area contributed by atoms with Crippen LogP contribution in [0.1, 0.15) is 29.7 Å². The lowest BCUT2D eigenvalue weighted by Crippen LogP contribution is -3.15. The predicted molar refractivity (Wildman–Crippen MR) is 126 cm³/mol. The van der Waals surface area contributed by atoms with Gasteiger partial charge in [-0.1, -0.05) is 85.0 Å². The van der Waals surface area contributed by atoms with Crippen molar-refractivity contribution in [1.29, 1.82) is 0 Å². The maximum absolute atomic E-state index is 5.87. The lowest BCUT2D eigenvalue weighted by Gasteiger charge is -2.38. The standard InChI is InChI=1S/C26H28N2OS/c1-2-29-24-16-10-9-15-23(24)26(30)28-19-17-27(18-20-28)25(21-11-5-3-6-12-21)22-13-7-4-8-14-22/h3-16,25H,2,17-20H2,1H3/p+1. The van der Waals surface area contributed by atoms with E-state index in [1.807, 2.05) is 25.1 Å².